The number of nitrogens with zero attached hydrogens (tertiary/aromatic N) is 1. The highest BCUT2D eigenvalue weighted by atomic mass is 16.5. The third-order valence-electron chi connectivity index (χ3n) is 3.34. The van der Waals surface area contributed by atoms with Gasteiger partial charge in [0.15, 0.2) is 0 Å². The molecule has 1 aromatic heterocycles. The second-order valence-corrected chi connectivity index (χ2v) is 5.05. The summed E-state index contributed by atoms with van der Waals surface area (Å²) in [5.74, 6) is 1.60. The van der Waals surface area contributed by atoms with Crippen LogP contribution in [0.25, 0.3) is 0 Å². The minimum Gasteiger partial charge on any atom is -0.381 e. The Bertz CT molecular complexity index is 365. The molecule has 0 aromatic carbocycles. The Balaban J connectivity index is 1.72. The fourth-order valence-corrected chi connectivity index (χ4v) is 2.17. The lowest BCUT2D eigenvalue weighted by Crippen LogP contribution is -2.20. The van der Waals surface area contributed by atoms with E-state index >= 15 is 0 Å². The lowest BCUT2D eigenvalue weighted by molar-refractivity contribution is 0.0157. The van der Waals surface area contributed by atoms with Gasteiger partial charge in [-0.15, -0.1) is 0 Å². The first-order valence-electron chi connectivity index (χ1n) is 7.22. The average Bonchev–Trinajstić information content (AvgIpc) is 2.47. The van der Waals surface area contributed by atoms with Crippen LogP contribution in [0.2, 0.25) is 0 Å². The van der Waals surface area contributed by atoms with Crippen LogP contribution in [0.4, 0.5) is 5.82 Å². The lowest BCUT2D eigenvalue weighted by Gasteiger charge is -2.21. The van der Waals surface area contributed by atoms with Crippen LogP contribution in [0.3, 0.4) is 0 Å². The second kappa shape index (κ2) is 8.12. The Morgan fingerprint density at radius 2 is 2.26 bits per heavy atom. The highest BCUT2D eigenvalue weighted by Crippen LogP contribution is 2.16. The summed E-state index contributed by atoms with van der Waals surface area (Å²) in [6.45, 7) is 6.38. The van der Waals surface area contributed by atoms with E-state index in [9.17, 15) is 0 Å². The normalized spacial score (nSPS) is 16.5. The molecule has 0 atom stereocenters. The Hall–Kier alpha value is -1.13. The molecule has 1 saturated heterocycles. The van der Waals surface area contributed by atoms with Crippen LogP contribution >= 0.6 is 0 Å². The quantitative estimate of drug-likeness (QED) is 0.822. The van der Waals surface area contributed by atoms with Crippen LogP contribution in [-0.2, 0) is 16.1 Å². The van der Waals surface area contributed by atoms with Crippen LogP contribution < -0.4 is 5.32 Å². The van der Waals surface area contributed by atoms with Gasteiger partial charge < -0.3 is 14.8 Å². The molecule has 0 amide bonds. The first-order valence-corrected chi connectivity index (χ1v) is 7.22. The van der Waals surface area contributed by atoms with Crippen molar-refractivity contribution in [3.63, 3.8) is 0 Å². The molecule has 1 aromatic rings. The summed E-state index contributed by atoms with van der Waals surface area (Å²) < 4.78 is 11.2. The number of anilines is 1. The summed E-state index contributed by atoms with van der Waals surface area (Å²) in [7, 11) is 0. The van der Waals surface area contributed by atoms with Gasteiger partial charge in [0.1, 0.15) is 5.82 Å². The van der Waals surface area contributed by atoms with Crippen molar-refractivity contribution in [2.24, 2.45) is 5.92 Å². The SMILES string of the molecule is CCCNc1cc(COCC2CCOCC2)ccn1. The molecule has 0 radical (unpaired) electrons. The van der Waals surface area contributed by atoms with E-state index in [4.69, 9.17) is 9.47 Å². The molecule has 4 nitrogen and oxygen atoms in total. The minimum absolute atomic E-state index is 0.660. The first kappa shape index (κ1) is 14.3. The van der Waals surface area contributed by atoms with Crippen molar-refractivity contribution in [2.45, 2.75) is 32.8 Å². The predicted molar refractivity (Wildman–Crippen MR) is 76.2 cm³/mol. The van der Waals surface area contributed by atoms with Crippen molar-refractivity contribution < 1.29 is 9.47 Å². The molecule has 0 bridgehead atoms. The van der Waals surface area contributed by atoms with Crippen LogP contribution in [0.15, 0.2) is 18.3 Å². The molecular formula is C15H24N2O2. The zero-order valence-electron chi connectivity index (χ0n) is 11.7. The van der Waals surface area contributed by atoms with E-state index in [1.54, 1.807) is 0 Å². The maximum atomic E-state index is 5.81. The number of rotatable bonds is 7. The molecule has 0 aliphatic carbocycles. The van der Waals surface area contributed by atoms with Crippen LogP contribution in [0, 0.1) is 5.92 Å². The molecule has 4 heteroatoms. The molecule has 1 aliphatic heterocycles. The predicted octanol–water partition coefficient (Wildman–Crippen LogP) is 2.85. The summed E-state index contributed by atoms with van der Waals surface area (Å²) in [5.41, 5.74) is 1.18. The molecule has 0 spiro atoms. The summed E-state index contributed by atoms with van der Waals surface area (Å²) in [6, 6.07) is 4.08. The number of aromatic nitrogens is 1. The van der Waals surface area contributed by atoms with Gasteiger partial charge in [0.05, 0.1) is 13.2 Å². The largest absolute Gasteiger partial charge is 0.381 e. The lowest BCUT2D eigenvalue weighted by atomic mass is 10.0. The van der Waals surface area contributed by atoms with Gasteiger partial charge in [0.25, 0.3) is 0 Å². The van der Waals surface area contributed by atoms with Crippen molar-refractivity contribution in [3.05, 3.63) is 23.9 Å². The van der Waals surface area contributed by atoms with E-state index in [0.717, 1.165) is 51.4 Å². The van der Waals surface area contributed by atoms with Crippen LogP contribution in [0.5, 0.6) is 0 Å². The van der Waals surface area contributed by atoms with Crippen molar-refractivity contribution in [2.75, 3.05) is 31.7 Å². The van der Waals surface area contributed by atoms with E-state index in [2.05, 4.69) is 23.3 Å². The van der Waals surface area contributed by atoms with Crippen molar-refractivity contribution in [3.8, 4) is 0 Å². The molecule has 1 aliphatic rings. The molecule has 0 saturated carbocycles. The fraction of sp³-hybridized carbons (Fsp3) is 0.667. The van der Waals surface area contributed by atoms with Crippen molar-refractivity contribution >= 4 is 5.82 Å². The summed E-state index contributed by atoms with van der Waals surface area (Å²) in [4.78, 5) is 4.29. The smallest absolute Gasteiger partial charge is 0.126 e. The zero-order valence-corrected chi connectivity index (χ0v) is 11.7. The number of hydrogen-bond acceptors (Lipinski definition) is 4. The maximum Gasteiger partial charge on any atom is 0.126 e. The number of nitrogens with one attached hydrogen (secondary N) is 1. The maximum absolute atomic E-state index is 5.81. The molecule has 2 heterocycles. The van der Waals surface area contributed by atoms with E-state index < -0.39 is 0 Å². The highest BCUT2D eigenvalue weighted by Gasteiger charge is 2.13. The van der Waals surface area contributed by atoms with Gasteiger partial charge in [0, 0.05) is 26.0 Å². The third kappa shape index (κ3) is 5.17. The van der Waals surface area contributed by atoms with Crippen LogP contribution in [0.1, 0.15) is 31.7 Å². The number of pyridine rings is 1. The minimum atomic E-state index is 0.660. The van der Waals surface area contributed by atoms with Gasteiger partial charge in [-0.05, 0) is 42.9 Å². The van der Waals surface area contributed by atoms with Gasteiger partial charge in [-0.25, -0.2) is 4.98 Å². The van der Waals surface area contributed by atoms with E-state index in [-0.39, 0.29) is 0 Å². The molecular weight excluding hydrogens is 240 g/mol. The van der Waals surface area contributed by atoms with Crippen LogP contribution in [-0.4, -0.2) is 31.3 Å². The second-order valence-electron chi connectivity index (χ2n) is 5.05. The molecule has 19 heavy (non-hydrogen) atoms. The Morgan fingerprint density at radius 1 is 1.42 bits per heavy atom. The average molecular weight is 264 g/mol. The Labute approximate surface area is 115 Å². The number of hydrogen-bond donors (Lipinski definition) is 1. The summed E-state index contributed by atoms with van der Waals surface area (Å²) in [6.07, 6.45) is 5.19. The van der Waals surface area contributed by atoms with E-state index in [0.29, 0.717) is 12.5 Å². The standard InChI is InChI=1S/C15H24N2O2/c1-2-6-16-15-10-14(3-7-17-15)12-19-11-13-4-8-18-9-5-13/h3,7,10,13H,2,4-6,8-9,11-12H2,1H3,(H,16,17). The van der Waals surface area contributed by atoms with Gasteiger partial charge in [-0.3, -0.25) is 0 Å². The molecule has 106 valence electrons. The molecule has 1 fully saturated rings. The third-order valence-corrected chi connectivity index (χ3v) is 3.34. The molecule has 1 N–H and O–H groups in total. The fourth-order valence-electron chi connectivity index (χ4n) is 2.17. The Morgan fingerprint density at radius 3 is 3.05 bits per heavy atom. The molecule has 0 unspecified atom stereocenters. The molecule has 2 rings (SSSR count). The Kier molecular flexibility index (Phi) is 6.11. The van der Waals surface area contributed by atoms with Gasteiger partial charge in [-0.2, -0.15) is 0 Å². The summed E-state index contributed by atoms with van der Waals surface area (Å²) in [5, 5.41) is 3.29. The van der Waals surface area contributed by atoms with E-state index in [1.807, 2.05) is 12.3 Å². The summed E-state index contributed by atoms with van der Waals surface area (Å²) >= 11 is 0. The highest BCUT2D eigenvalue weighted by molar-refractivity contribution is 5.37. The van der Waals surface area contributed by atoms with Gasteiger partial charge >= 0.3 is 0 Å². The number of ether oxygens (including phenoxy) is 2. The zero-order chi connectivity index (χ0) is 13.3. The van der Waals surface area contributed by atoms with Gasteiger partial charge in [0.2, 0.25) is 0 Å². The first-order chi connectivity index (χ1) is 9.38. The van der Waals surface area contributed by atoms with E-state index in [1.165, 1.54) is 5.56 Å². The monoisotopic (exact) mass is 264 g/mol. The topological polar surface area (TPSA) is 43.4 Å². The van der Waals surface area contributed by atoms with Gasteiger partial charge in [-0.1, -0.05) is 6.92 Å². The van der Waals surface area contributed by atoms with Crippen molar-refractivity contribution in [1.29, 1.82) is 0 Å². The van der Waals surface area contributed by atoms with Crippen molar-refractivity contribution in [1.82, 2.24) is 4.98 Å².